The van der Waals surface area contributed by atoms with Crippen LogP contribution in [-0.2, 0) is 4.79 Å². The number of carbonyl (C=O) groups is 1. The summed E-state index contributed by atoms with van der Waals surface area (Å²) in [5.74, 6) is 0.471. The number of rotatable bonds is 6. The molecule has 0 aliphatic heterocycles. The lowest BCUT2D eigenvalue weighted by Crippen LogP contribution is -2.30. The smallest absolute Gasteiger partial charge is 0.220 e. The number of hydrogen-bond acceptors (Lipinski definition) is 1. The van der Waals surface area contributed by atoms with E-state index in [1.807, 2.05) is 42.6 Å². The van der Waals surface area contributed by atoms with E-state index >= 15 is 0 Å². The largest absolute Gasteiger partial charge is 0.361 e. The summed E-state index contributed by atoms with van der Waals surface area (Å²) < 4.78 is 0. The number of amides is 1. The molecule has 0 spiro atoms. The molecule has 1 aliphatic rings. The number of nitrogens with one attached hydrogen (secondary N) is 2. The highest BCUT2D eigenvalue weighted by molar-refractivity contribution is 6.31. The first-order valence-electron chi connectivity index (χ1n) is 9.46. The van der Waals surface area contributed by atoms with Gasteiger partial charge in [0.05, 0.1) is 0 Å². The average molecular weight is 379 g/mol. The van der Waals surface area contributed by atoms with Crippen molar-refractivity contribution >= 4 is 28.4 Å². The molecule has 3 nitrogen and oxygen atoms in total. The van der Waals surface area contributed by atoms with Crippen LogP contribution < -0.4 is 5.32 Å². The van der Waals surface area contributed by atoms with E-state index in [1.54, 1.807) is 0 Å². The molecular weight excluding hydrogens is 356 g/mol. The van der Waals surface area contributed by atoms with Crippen molar-refractivity contribution in [2.24, 2.45) is 5.92 Å². The third-order valence-corrected chi connectivity index (χ3v) is 5.68. The van der Waals surface area contributed by atoms with Gasteiger partial charge >= 0.3 is 0 Å². The van der Waals surface area contributed by atoms with Crippen LogP contribution in [0.4, 0.5) is 0 Å². The summed E-state index contributed by atoms with van der Waals surface area (Å²) in [5, 5.41) is 5.03. The number of aromatic nitrogens is 1. The van der Waals surface area contributed by atoms with Gasteiger partial charge in [0, 0.05) is 41.0 Å². The molecule has 1 aliphatic carbocycles. The Morgan fingerprint density at radius 3 is 2.78 bits per heavy atom. The molecule has 4 rings (SSSR count). The Morgan fingerprint density at radius 2 is 1.96 bits per heavy atom. The minimum atomic E-state index is -0.00193. The van der Waals surface area contributed by atoms with Gasteiger partial charge in [0.15, 0.2) is 0 Å². The van der Waals surface area contributed by atoms with Crippen LogP contribution in [0.1, 0.15) is 36.3 Å². The van der Waals surface area contributed by atoms with E-state index in [1.165, 1.54) is 0 Å². The molecule has 2 aromatic carbocycles. The fraction of sp³-hybridized carbons (Fsp3) is 0.261. The molecule has 0 bridgehead atoms. The lowest BCUT2D eigenvalue weighted by molar-refractivity contribution is -0.121. The summed E-state index contributed by atoms with van der Waals surface area (Å²) in [6.45, 7) is 0.529. The summed E-state index contributed by atoms with van der Waals surface area (Å²) in [6, 6.07) is 16.1. The molecule has 27 heavy (non-hydrogen) atoms. The first-order valence-corrected chi connectivity index (χ1v) is 9.84. The van der Waals surface area contributed by atoms with Gasteiger partial charge in [-0.1, -0.05) is 60.2 Å². The highest BCUT2D eigenvalue weighted by atomic mass is 35.5. The van der Waals surface area contributed by atoms with Crippen LogP contribution in [0.2, 0.25) is 5.02 Å². The van der Waals surface area contributed by atoms with Crippen LogP contribution in [-0.4, -0.2) is 17.4 Å². The Bertz CT molecular complexity index is 975. The Labute approximate surface area is 164 Å². The number of aromatic amines is 1. The van der Waals surface area contributed by atoms with Gasteiger partial charge in [-0.05, 0) is 42.0 Å². The van der Waals surface area contributed by atoms with Crippen LogP contribution in [0.25, 0.3) is 10.9 Å². The first-order chi connectivity index (χ1) is 13.2. The maximum absolute atomic E-state index is 12.5. The van der Waals surface area contributed by atoms with Crippen LogP contribution in [0.3, 0.4) is 0 Å². The molecule has 0 saturated heterocycles. The Morgan fingerprint density at radius 1 is 1.15 bits per heavy atom. The predicted molar refractivity (Wildman–Crippen MR) is 111 cm³/mol. The lowest BCUT2D eigenvalue weighted by atomic mass is 9.90. The van der Waals surface area contributed by atoms with Gasteiger partial charge in [0.2, 0.25) is 5.91 Å². The molecule has 1 amide bonds. The van der Waals surface area contributed by atoms with E-state index in [9.17, 15) is 4.79 Å². The van der Waals surface area contributed by atoms with Gasteiger partial charge in [-0.2, -0.15) is 0 Å². The van der Waals surface area contributed by atoms with Gasteiger partial charge in [0.25, 0.3) is 0 Å². The van der Waals surface area contributed by atoms with Gasteiger partial charge in [0.1, 0.15) is 0 Å². The van der Waals surface area contributed by atoms with Gasteiger partial charge < -0.3 is 10.3 Å². The number of hydrogen-bond donors (Lipinski definition) is 2. The van der Waals surface area contributed by atoms with Crippen molar-refractivity contribution in [3.63, 3.8) is 0 Å². The second kappa shape index (κ2) is 8.01. The number of halogens is 1. The summed E-state index contributed by atoms with van der Waals surface area (Å²) in [6.07, 6.45) is 9.06. The molecule has 0 unspecified atom stereocenters. The second-order valence-corrected chi connectivity index (χ2v) is 7.54. The molecular formula is C23H23ClN2O. The van der Waals surface area contributed by atoms with E-state index < -0.39 is 0 Å². The molecule has 1 heterocycles. The summed E-state index contributed by atoms with van der Waals surface area (Å²) in [5.41, 5.74) is 3.27. The van der Waals surface area contributed by atoms with Crippen molar-refractivity contribution in [2.75, 3.05) is 6.54 Å². The van der Waals surface area contributed by atoms with Crippen LogP contribution in [0.15, 0.2) is 66.9 Å². The molecule has 3 aromatic rings. The molecule has 0 radical (unpaired) electrons. The molecule has 0 fully saturated rings. The van der Waals surface area contributed by atoms with Crippen molar-refractivity contribution in [1.82, 2.24) is 10.3 Å². The van der Waals surface area contributed by atoms with Gasteiger partial charge in [-0.25, -0.2) is 0 Å². The van der Waals surface area contributed by atoms with E-state index in [4.69, 9.17) is 11.6 Å². The monoisotopic (exact) mass is 378 g/mol. The predicted octanol–water partition coefficient (Wildman–Crippen LogP) is 5.43. The van der Waals surface area contributed by atoms with Gasteiger partial charge in [-0.15, -0.1) is 0 Å². The first kappa shape index (κ1) is 17.9. The average Bonchev–Trinajstić information content (AvgIpc) is 3.33. The molecule has 2 N–H and O–H groups in total. The molecule has 1 aromatic heterocycles. The van der Waals surface area contributed by atoms with Crippen LogP contribution in [0.5, 0.6) is 0 Å². The summed E-state index contributed by atoms with van der Waals surface area (Å²) in [7, 11) is 0. The Kier molecular flexibility index (Phi) is 5.30. The summed E-state index contributed by atoms with van der Waals surface area (Å²) in [4.78, 5) is 15.8. The molecule has 138 valence electrons. The fourth-order valence-electron chi connectivity index (χ4n) is 3.92. The number of benzene rings is 2. The third kappa shape index (κ3) is 3.93. The number of fused-ring (bicyclic) bond motifs is 1. The SMILES string of the molecule is O=C(C[C@H]1C=CCC1)NC[C@@H](c1ccccc1Cl)c1c[nH]c2ccccc12. The van der Waals surface area contributed by atoms with E-state index in [0.717, 1.165) is 39.9 Å². The normalized spacial score (nSPS) is 17.3. The standard InChI is InChI=1S/C23H23ClN2O/c24-21-11-5-3-9-17(21)19(15-26-23(27)13-16-7-1-2-8-16)20-14-25-22-12-6-4-10-18(20)22/h1,3-7,9-12,14,16,19,25H,2,8,13,15H2,(H,26,27)/t16-,19-/m0/s1. The maximum Gasteiger partial charge on any atom is 0.220 e. The highest BCUT2D eigenvalue weighted by Gasteiger charge is 2.22. The van der Waals surface area contributed by atoms with Crippen molar-refractivity contribution in [3.05, 3.63) is 83.0 Å². The second-order valence-electron chi connectivity index (χ2n) is 7.14. The number of carbonyl (C=O) groups excluding carboxylic acids is 1. The van der Waals surface area contributed by atoms with E-state index in [-0.39, 0.29) is 11.8 Å². The van der Waals surface area contributed by atoms with Crippen LogP contribution in [0, 0.1) is 5.92 Å². The number of H-pyrrole nitrogens is 1. The zero-order valence-electron chi connectivity index (χ0n) is 15.1. The topological polar surface area (TPSA) is 44.9 Å². The minimum Gasteiger partial charge on any atom is -0.361 e. The zero-order valence-corrected chi connectivity index (χ0v) is 15.9. The lowest BCUT2D eigenvalue weighted by Gasteiger charge is -2.20. The quantitative estimate of drug-likeness (QED) is 0.552. The van der Waals surface area contributed by atoms with Crippen LogP contribution >= 0.6 is 11.6 Å². The fourth-order valence-corrected chi connectivity index (χ4v) is 4.19. The van der Waals surface area contributed by atoms with E-state index in [2.05, 4.69) is 34.6 Å². The minimum absolute atomic E-state index is 0.00193. The number of para-hydroxylation sites is 1. The molecule has 2 atom stereocenters. The Balaban J connectivity index is 1.60. The van der Waals surface area contributed by atoms with Crippen molar-refractivity contribution in [1.29, 1.82) is 0 Å². The maximum atomic E-state index is 12.5. The van der Waals surface area contributed by atoms with Crippen molar-refractivity contribution in [2.45, 2.75) is 25.2 Å². The summed E-state index contributed by atoms with van der Waals surface area (Å²) >= 11 is 6.51. The molecule has 0 saturated carbocycles. The number of allylic oxidation sites excluding steroid dienone is 2. The highest BCUT2D eigenvalue weighted by Crippen LogP contribution is 2.34. The third-order valence-electron chi connectivity index (χ3n) is 5.34. The van der Waals surface area contributed by atoms with E-state index in [0.29, 0.717) is 18.9 Å². The van der Waals surface area contributed by atoms with Gasteiger partial charge in [-0.3, -0.25) is 4.79 Å². The Hall–Kier alpha value is -2.52. The van der Waals surface area contributed by atoms with Crippen molar-refractivity contribution < 1.29 is 4.79 Å². The molecule has 4 heteroatoms. The zero-order chi connectivity index (χ0) is 18.6. The van der Waals surface area contributed by atoms with Crippen molar-refractivity contribution in [3.8, 4) is 0 Å².